The predicted octanol–water partition coefficient (Wildman–Crippen LogP) is 5.01. The van der Waals surface area contributed by atoms with Crippen LogP contribution in [-0.2, 0) is 11.3 Å². The van der Waals surface area contributed by atoms with Crippen LogP contribution in [0.15, 0.2) is 60.3 Å². The third-order valence-electron chi connectivity index (χ3n) is 4.43. The van der Waals surface area contributed by atoms with Crippen molar-refractivity contribution in [3.05, 3.63) is 72.1 Å². The Labute approximate surface area is 174 Å². The van der Waals surface area contributed by atoms with Gasteiger partial charge in [0.15, 0.2) is 11.0 Å². The molecule has 2 aromatic carbocycles. The van der Waals surface area contributed by atoms with E-state index in [-0.39, 0.29) is 11.7 Å². The van der Waals surface area contributed by atoms with Gasteiger partial charge in [0.25, 0.3) is 0 Å². The predicted molar refractivity (Wildman–Crippen MR) is 115 cm³/mol. The van der Waals surface area contributed by atoms with Gasteiger partial charge in [0.05, 0.1) is 10.8 Å². The van der Waals surface area contributed by atoms with Crippen LogP contribution in [0.25, 0.3) is 11.4 Å². The third-order valence-corrected chi connectivity index (χ3v) is 5.51. The van der Waals surface area contributed by atoms with E-state index in [1.807, 2.05) is 32.0 Å². The summed E-state index contributed by atoms with van der Waals surface area (Å²) in [5.41, 5.74) is 3.29. The number of halogens is 1. The summed E-state index contributed by atoms with van der Waals surface area (Å²) in [5, 5.41) is 11.4. The van der Waals surface area contributed by atoms with Crippen LogP contribution in [-0.4, -0.2) is 25.9 Å². The minimum Gasteiger partial charge on any atom is -0.325 e. The number of thioether (sulfide) groups is 1. The molecule has 3 rings (SSSR count). The molecule has 0 bridgehead atoms. The molecule has 1 atom stereocenters. The van der Waals surface area contributed by atoms with Gasteiger partial charge in [-0.1, -0.05) is 47.7 Å². The molecule has 0 aliphatic carbocycles. The number of hydrogen-bond donors (Lipinski definition) is 1. The number of carbonyl (C=O) groups is 1. The van der Waals surface area contributed by atoms with Gasteiger partial charge in [-0.05, 0) is 44.5 Å². The number of aromatic nitrogens is 3. The van der Waals surface area contributed by atoms with Crippen LogP contribution in [0.5, 0.6) is 0 Å². The fraction of sp³-hybridized carbons (Fsp3) is 0.227. The maximum Gasteiger partial charge on any atom is 0.237 e. The Kier molecular flexibility index (Phi) is 6.49. The van der Waals surface area contributed by atoms with Crippen molar-refractivity contribution in [1.29, 1.82) is 0 Å². The first-order valence-corrected chi connectivity index (χ1v) is 10.1. The van der Waals surface area contributed by atoms with E-state index in [0.717, 1.165) is 16.8 Å². The number of amides is 1. The van der Waals surface area contributed by atoms with E-state index in [9.17, 15) is 9.18 Å². The minimum absolute atomic E-state index is 0.137. The fourth-order valence-electron chi connectivity index (χ4n) is 2.91. The Morgan fingerprint density at radius 3 is 2.72 bits per heavy atom. The lowest BCUT2D eigenvalue weighted by Gasteiger charge is -2.14. The third kappa shape index (κ3) is 4.74. The van der Waals surface area contributed by atoms with Gasteiger partial charge in [0.2, 0.25) is 5.91 Å². The van der Waals surface area contributed by atoms with E-state index < -0.39 is 5.25 Å². The van der Waals surface area contributed by atoms with E-state index in [0.29, 0.717) is 23.1 Å². The lowest BCUT2D eigenvalue weighted by molar-refractivity contribution is -0.115. The summed E-state index contributed by atoms with van der Waals surface area (Å²) < 4.78 is 16.0. The number of nitrogens with zero attached hydrogens (tertiary/aromatic N) is 3. The zero-order valence-corrected chi connectivity index (χ0v) is 17.5. The molecule has 0 aliphatic heterocycles. The molecule has 0 saturated carbocycles. The summed E-state index contributed by atoms with van der Waals surface area (Å²) in [7, 11) is 0. The highest BCUT2D eigenvalue weighted by atomic mass is 32.2. The van der Waals surface area contributed by atoms with Gasteiger partial charge in [0.1, 0.15) is 5.82 Å². The first kappa shape index (κ1) is 20.8. The molecule has 1 N–H and O–H groups in total. The molecule has 1 unspecified atom stereocenters. The second kappa shape index (κ2) is 9.05. The fourth-order valence-corrected chi connectivity index (χ4v) is 3.77. The van der Waals surface area contributed by atoms with Crippen LogP contribution in [0.2, 0.25) is 0 Å². The van der Waals surface area contributed by atoms with E-state index in [1.54, 1.807) is 35.8 Å². The molecule has 5 nitrogen and oxygen atoms in total. The van der Waals surface area contributed by atoms with Gasteiger partial charge in [-0.15, -0.1) is 16.8 Å². The molecule has 29 heavy (non-hydrogen) atoms. The highest BCUT2D eigenvalue weighted by molar-refractivity contribution is 8.00. The topological polar surface area (TPSA) is 59.8 Å². The summed E-state index contributed by atoms with van der Waals surface area (Å²) in [4.78, 5) is 12.7. The first-order valence-electron chi connectivity index (χ1n) is 9.24. The summed E-state index contributed by atoms with van der Waals surface area (Å²) >= 11 is 1.27. The Morgan fingerprint density at radius 1 is 1.28 bits per heavy atom. The van der Waals surface area contributed by atoms with Gasteiger partial charge in [-0.25, -0.2) is 4.39 Å². The average Bonchev–Trinajstić information content (AvgIpc) is 3.07. The molecule has 0 spiro atoms. The van der Waals surface area contributed by atoms with E-state index in [1.165, 1.54) is 17.8 Å². The molecule has 3 aromatic rings. The normalized spacial score (nSPS) is 11.9. The number of hydrogen-bond acceptors (Lipinski definition) is 4. The summed E-state index contributed by atoms with van der Waals surface area (Å²) in [6.45, 7) is 9.94. The van der Waals surface area contributed by atoms with Crippen molar-refractivity contribution in [1.82, 2.24) is 14.8 Å². The molecule has 1 aromatic heterocycles. The van der Waals surface area contributed by atoms with Crippen LogP contribution in [0.3, 0.4) is 0 Å². The largest absolute Gasteiger partial charge is 0.325 e. The van der Waals surface area contributed by atoms with Crippen molar-refractivity contribution in [2.24, 2.45) is 0 Å². The second-order valence-electron chi connectivity index (χ2n) is 6.75. The van der Waals surface area contributed by atoms with E-state index >= 15 is 0 Å². The molecule has 0 aliphatic rings. The number of aryl methyl sites for hydroxylation is 2. The number of rotatable bonds is 7. The summed E-state index contributed by atoms with van der Waals surface area (Å²) in [6, 6.07) is 12.3. The maximum atomic E-state index is 14.2. The molecular weight excluding hydrogens is 387 g/mol. The van der Waals surface area contributed by atoms with Gasteiger partial charge in [-0.2, -0.15) is 0 Å². The smallest absolute Gasteiger partial charge is 0.237 e. The number of benzene rings is 2. The van der Waals surface area contributed by atoms with Crippen LogP contribution in [0.1, 0.15) is 18.1 Å². The Bertz CT molecular complexity index is 1050. The maximum absolute atomic E-state index is 14.2. The van der Waals surface area contributed by atoms with Crippen molar-refractivity contribution in [3.8, 4) is 11.4 Å². The van der Waals surface area contributed by atoms with Crippen molar-refractivity contribution >= 4 is 23.4 Å². The van der Waals surface area contributed by atoms with Crippen molar-refractivity contribution in [3.63, 3.8) is 0 Å². The van der Waals surface area contributed by atoms with Crippen LogP contribution in [0.4, 0.5) is 10.1 Å². The van der Waals surface area contributed by atoms with Gasteiger partial charge >= 0.3 is 0 Å². The monoisotopic (exact) mass is 410 g/mol. The van der Waals surface area contributed by atoms with Crippen LogP contribution in [0, 0.1) is 19.7 Å². The molecule has 1 heterocycles. The highest BCUT2D eigenvalue weighted by Gasteiger charge is 2.22. The number of nitrogens with one attached hydrogen (secondary N) is 1. The average molecular weight is 411 g/mol. The zero-order valence-electron chi connectivity index (χ0n) is 16.6. The molecule has 0 saturated heterocycles. The van der Waals surface area contributed by atoms with Gasteiger partial charge in [0, 0.05) is 12.2 Å². The lowest BCUT2D eigenvalue weighted by atomic mass is 10.1. The molecule has 0 fully saturated rings. The van der Waals surface area contributed by atoms with Crippen molar-refractivity contribution in [2.75, 3.05) is 5.32 Å². The standard InChI is InChI=1S/C22H23FN4OS/c1-5-12-27-20(17-8-6-7-9-18(17)23)25-26-22(27)29-16(4)21(28)24-19-11-10-14(2)13-15(19)3/h5-11,13,16H,1,12H2,2-4H3,(H,24,28). The van der Waals surface area contributed by atoms with Crippen molar-refractivity contribution < 1.29 is 9.18 Å². The molecular formula is C22H23FN4OS. The Morgan fingerprint density at radius 2 is 2.03 bits per heavy atom. The van der Waals surface area contributed by atoms with E-state index in [4.69, 9.17) is 0 Å². The lowest BCUT2D eigenvalue weighted by Crippen LogP contribution is -2.23. The van der Waals surface area contributed by atoms with Crippen molar-refractivity contribution in [2.45, 2.75) is 37.7 Å². The Balaban J connectivity index is 1.81. The van der Waals surface area contributed by atoms with Gasteiger partial charge < -0.3 is 5.32 Å². The quantitative estimate of drug-likeness (QED) is 0.440. The number of anilines is 1. The highest BCUT2D eigenvalue weighted by Crippen LogP contribution is 2.29. The number of allylic oxidation sites excluding steroid dienone is 1. The SMILES string of the molecule is C=CCn1c(SC(C)C(=O)Nc2ccc(C)cc2C)nnc1-c1ccccc1F. The molecule has 1 amide bonds. The molecule has 150 valence electrons. The summed E-state index contributed by atoms with van der Waals surface area (Å²) in [6.07, 6.45) is 1.69. The minimum atomic E-state index is -0.420. The first-order chi connectivity index (χ1) is 13.9. The molecule has 0 radical (unpaired) electrons. The van der Waals surface area contributed by atoms with Crippen LogP contribution < -0.4 is 5.32 Å². The summed E-state index contributed by atoms with van der Waals surface area (Å²) in [5.74, 6) is -0.0996. The van der Waals surface area contributed by atoms with Gasteiger partial charge in [-0.3, -0.25) is 9.36 Å². The zero-order chi connectivity index (χ0) is 21.0. The Hall–Kier alpha value is -2.93. The number of carbonyl (C=O) groups excluding carboxylic acids is 1. The second-order valence-corrected chi connectivity index (χ2v) is 8.06. The van der Waals surface area contributed by atoms with Crippen LogP contribution >= 0.6 is 11.8 Å². The molecule has 7 heteroatoms. The van der Waals surface area contributed by atoms with E-state index in [2.05, 4.69) is 22.1 Å².